The monoisotopic (exact) mass is 288 g/mol. The van der Waals surface area contributed by atoms with Gasteiger partial charge in [0.1, 0.15) is 0 Å². The molecule has 0 fully saturated rings. The van der Waals surface area contributed by atoms with Crippen molar-refractivity contribution in [3.8, 4) is 0 Å². The number of aromatic nitrogens is 2. The lowest BCUT2D eigenvalue weighted by molar-refractivity contribution is 0.577. The van der Waals surface area contributed by atoms with E-state index in [1.807, 2.05) is 26.8 Å². The van der Waals surface area contributed by atoms with Gasteiger partial charge in [-0.05, 0) is 32.9 Å². The first-order valence-electron chi connectivity index (χ1n) is 6.47. The third-order valence-corrected chi connectivity index (χ3v) is 5.18. The molecule has 1 heterocycles. The number of rotatable bonds is 2. The summed E-state index contributed by atoms with van der Waals surface area (Å²) in [6.07, 6.45) is 2.65. The Bertz CT molecular complexity index is 812. The van der Waals surface area contributed by atoms with Crippen molar-refractivity contribution in [1.82, 2.24) is 9.19 Å². The molecule has 0 saturated carbocycles. The van der Waals surface area contributed by atoms with Gasteiger partial charge >= 0.3 is 0 Å². The number of nitrogens with zero attached hydrogens (tertiary/aromatic N) is 2. The number of hydrogen-bond donors (Lipinski definition) is 0. The molecule has 3 rings (SSSR count). The van der Waals surface area contributed by atoms with Gasteiger partial charge < -0.3 is 0 Å². The molecule has 0 N–H and O–H groups in total. The molecule has 20 heavy (non-hydrogen) atoms. The van der Waals surface area contributed by atoms with Crippen LogP contribution in [0.15, 0.2) is 34.7 Å². The highest BCUT2D eigenvalue weighted by Crippen LogP contribution is 2.29. The van der Waals surface area contributed by atoms with Crippen LogP contribution in [0.1, 0.15) is 29.4 Å². The van der Waals surface area contributed by atoms with Crippen molar-refractivity contribution < 1.29 is 8.42 Å². The zero-order valence-electron chi connectivity index (χ0n) is 11.7. The summed E-state index contributed by atoms with van der Waals surface area (Å²) in [6, 6.07) is 6.85. The largest absolute Gasteiger partial charge is 0.283 e. The Morgan fingerprint density at radius 2 is 1.75 bits per heavy atom. The maximum Gasteiger partial charge on any atom is 0.283 e. The summed E-state index contributed by atoms with van der Waals surface area (Å²) in [5.74, 6) is 0. The lowest BCUT2D eigenvalue weighted by Gasteiger charge is -2.08. The minimum atomic E-state index is -3.61. The van der Waals surface area contributed by atoms with Gasteiger partial charge in [0.15, 0.2) is 0 Å². The standard InChI is InChI=1S/C15H16N2O2S/c1-10-4-6-13(7-5-10)20(18,19)17-15-9-11(2)8-14(15)12(3)16-17/h4-8H,9H2,1-3H3. The average molecular weight is 288 g/mol. The van der Waals surface area contributed by atoms with E-state index in [0.717, 1.165) is 28.1 Å². The van der Waals surface area contributed by atoms with Crippen LogP contribution in [-0.2, 0) is 16.4 Å². The maximum atomic E-state index is 12.7. The van der Waals surface area contributed by atoms with E-state index < -0.39 is 10.0 Å². The lowest BCUT2D eigenvalue weighted by atomic mass is 10.2. The van der Waals surface area contributed by atoms with E-state index in [9.17, 15) is 8.42 Å². The van der Waals surface area contributed by atoms with Crippen molar-refractivity contribution in [2.45, 2.75) is 32.1 Å². The molecule has 5 heteroatoms. The topological polar surface area (TPSA) is 52.0 Å². The van der Waals surface area contributed by atoms with Gasteiger partial charge in [0.2, 0.25) is 0 Å². The fourth-order valence-corrected chi connectivity index (χ4v) is 3.85. The first-order chi connectivity index (χ1) is 9.39. The average Bonchev–Trinajstić information content (AvgIpc) is 2.90. The molecular weight excluding hydrogens is 272 g/mol. The molecule has 104 valence electrons. The van der Waals surface area contributed by atoms with Crippen LogP contribution in [0.25, 0.3) is 6.08 Å². The number of allylic oxidation sites excluding steroid dienone is 1. The Morgan fingerprint density at radius 3 is 2.40 bits per heavy atom. The van der Waals surface area contributed by atoms with E-state index in [-0.39, 0.29) is 4.90 Å². The van der Waals surface area contributed by atoms with Crippen molar-refractivity contribution in [3.05, 3.63) is 52.4 Å². The van der Waals surface area contributed by atoms with Crippen molar-refractivity contribution in [3.63, 3.8) is 0 Å². The van der Waals surface area contributed by atoms with Crippen molar-refractivity contribution in [1.29, 1.82) is 0 Å². The summed E-state index contributed by atoms with van der Waals surface area (Å²) in [6.45, 7) is 5.77. The molecule has 0 spiro atoms. The van der Waals surface area contributed by atoms with Crippen LogP contribution >= 0.6 is 0 Å². The predicted molar refractivity (Wildman–Crippen MR) is 78.1 cm³/mol. The number of aryl methyl sites for hydroxylation is 2. The summed E-state index contributed by atoms with van der Waals surface area (Å²) in [5.41, 5.74) is 4.66. The first-order valence-corrected chi connectivity index (χ1v) is 7.91. The Balaban J connectivity index is 2.16. The van der Waals surface area contributed by atoms with Gasteiger partial charge in [0.05, 0.1) is 16.3 Å². The van der Waals surface area contributed by atoms with Crippen LogP contribution in [0.5, 0.6) is 0 Å². The number of hydrogen-bond acceptors (Lipinski definition) is 3. The van der Waals surface area contributed by atoms with E-state index in [0.29, 0.717) is 6.42 Å². The molecule has 0 aliphatic heterocycles. The Labute approximate surface area is 118 Å². The van der Waals surface area contributed by atoms with Gasteiger partial charge in [-0.3, -0.25) is 0 Å². The van der Waals surface area contributed by atoms with Gasteiger partial charge in [-0.2, -0.15) is 17.6 Å². The second-order valence-electron chi connectivity index (χ2n) is 5.27. The van der Waals surface area contributed by atoms with Crippen LogP contribution < -0.4 is 0 Å². The van der Waals surface area contributed by atoms with Gasteiger partial charge in [-0.25, -0.2) is 0 Å². The molecule has 0 atom stereocenters. The number of benzene rings is 1. The van der Waals surface area contributed by atoms with E-state index in [4.69, 9.17) is 0 Å². The summed E-state index contributed by atoms with van der Waals surface area (Å²) < 4.78 is 26.6. The van der Waals surface area contributed by atoms with Crippen LogP contribution in [0.3, 0.4) is 0 Å². The van der Waals surface area contributed by atoms with Crippen LogP contribution in [0, 0.1) is 13.8 Å². The Morgan fingerprint density at radius 1 is 1.10 bits per heavy atom. The SMILES string of the molecule is CC1=Cc2c(C)nn(S(=O)(=O)c3ccc(C)cc3)c2C1. The fourth-order valence-electron chi connectivity index (χ4n) is 2.48. The summed E-state index contributed by atoms with van der Waals surface area (Å²) in [7, 11) is -3.61. The van der Waals surface area contributed by atoms with Crippen LogP contribution in [-0.4, -0.2) is 17.6 Å². The lowest BCUT2D eigenvalue weighted by Crippen LogP contribution is -2.17. The molecule has 4 nitrogen and oxygen atoms in total. The van der Waals surface area contributed by atoms with E-state index in [2.05, 4.69) is 5.10 Å². The second-order valence-corrected chi connectivity index (χ2v) is 7.04. The predicted octanol–water partition coefficient (Wildman–Crippen LogP) is 2.70. The molecule has 0 saturated heterocycles. The smallest absolute Gasteiger partial charge is 0.199 e. The molecule has 0 radical (unpaired) electrons. The zero-order chi connectivity index (χ0) is 14.5. The van der Waals surface area contributed by atoms with Crippen molar-refractivity contribution >= 4 is 16.1 Å². The summed E-state index contributed by atoms with van der Waals surface area (Å²) in [4.78, 5) is 0.276. The molecule has 0 amide bonds. The highest BCUT2D eigenvalue weighted by Gasteiger charge is 2.27. The zero-order valence-corrected chi connectivity index (χ0v) is 12.5. The third-order valence-electron chi connectivity index (χ3n) is 3.56. The van der Waals surface area contributed by atoms with Crippen molar-refractivity contribution in [2.24, 2.45) is 0 Å². The quantitative estimate of drug-likeness (QED) is 0.853. The highest BCUT2D eigenvalue weighted by molar-refractivity contribution is 7.89. The highest BCUT2D eigenvalue weighted by atomic mass is 32.2. The van der Waals surface area contributed by atoms with Crippen molar-refractivity contribution in [2.75, 3.05) is 0 Å². The van der Waals surface area contributed by atoms with E-state index in [1.54, 1.807) is 24.3 Å². The van der Waals surface area contributed by atoms with Crippen LogP contribution in [0.4, 0.5) is 0 Å². The summed E-state index contributed by atoms with van der Waals surface area (Å²) >= 11 is 0. The van der Waals surface area contributed by atoms with Gasteiger partial charge in [-0.15, -0.1) is 0 Å². The first kappa shape index (κ1) is 13.1. The molecule has 2 aromatic rings. The molecule has 1 aromatic heterocycles. The Hall–Kier alpha value is -1.88. The van der Waals surface area contributed by atoms with E-state index >= 15 is 0 Å². The molecule has 1 aliphatic carbocycles. The normalized spacial score (nSPS) is 14.2. The molecular formula is C15H16N2O2S. The van der Waals surface area contributed by atoms with Crippen LogP contribution in [0.2, 0.25) is 0 Å². The third kappa shape index (κ3) is 1.89. The maximum absolute atomic E-state index is 12.7. The molecule has 1 aromatic carbocycles. The van der Waals surface area contributed by atoms with Gasteiger partial charge in [0.25, 0.3) is 10.0 Å². The Kier molecular flexibility index (Phi) is 2.83. The minimum absolute atomic E-state index is 0.276. The molecule has 0 bridgehead atoms. The van der Waals surface area contributed by atoms with Gasteiger partial charge in [-0.1, -0.05) is 29.3 Å². The second kappa shape index (κ2) is 4.31. The number of fused-ring (bicyclic) bond motifs is 1. The van der Waals surface area contributed by atoms with Gasteiger partial charge in [0, 0.05) is 12.0 Å². The summed E-state index contributed by atoms with van der Waals surface area (Å²) in [5, 5.41) is 4.22. The minimum Gasteiger partial charge on any atom is -0.199 e. The molecule has 1 aliphatic rings. The molecule has 0 unspecified atom stereocenters. The fraction of sp³-hybridized carbons (Fsp3) is 0.267. The van der Waals surface area contributed by atoms with E-state index in [1.165, 1.54) is 4.09 Å².